The molecule has 4 rings (SSSR count). The van der Waals surface area contributed by atoms with Crippen molar-refractivity contribution in [2.75, 3.05) is 19.9 Å². The zero-order valence-corrected chi connectivity index (χ0v) is 20.3. The van der Waals surface area contributed by atoms with Crippen LogP contribution in [0, 0.1) is 5.92 Å². The Morgan fingerprint density at radius 3 is 2.09 bits per heavy atom. The highest BCUT2D eigenvalue weighted by Crippen LogP contribution is 2.39. The van der Waals surface area contributed by atoms with E-state index in [1.807, 2.05) is 0 Å². The summed E-state index contributed by atoms with van der Waals surface area (Å²) in [6.07, 6.45) is 11.9. The average molecular weight is 453 g/mol. The smallest absolute Gasteiger partial charge is 0.0897 e. The number of hydrogen-bond acceptors (Lipinski definition) is 2. The first kappa shape index (κ1) is 24.4. The summed E-state index contributed by atoms with van der Waals surface area (Å²) in [7, 11) is 0. The molecular formula is C30H41FO2. The lowest BCUT2D eigenvalue weighted by Crippen LogP contribution is -2.41. The number of aryl methyl sites for hydroxylation is 1. The van der Waals surface area contributed by atoms with Crippen molar-refractivity contribution in [3.63, 3.8) is 0 Å². The molecule has 180 valence electrons. The number of benzene rings is 2. The predicted octanol–water partition coefficient (Wildman–Crippen LogP) is 7.89. The molecule has 1 saturated carbocycles. The third-order valence-electron chi connectivity index (χ3n) is 7.69. The van der Waals surface area contributed by atoms with E-state index in [-0.39, 0.29) is 6.67 Å². The number of rotatable bonds is 10. The van der Waals surface area contributed by atoms with Gasteiger partial charge in [0.1, 0.15) is 0 Å². The molecule has 1 heterocycles. The third kappa shape index (κ3) is 6.90. The van der Waals surface area contributed by atoms with Crippen LogP contribution < -0.4 is 0 Å². The topological polar surface area (TPSA) is 18.5 Å². The maximum atomic E-state index is 12.4. The molecule has 0 amide bonds. The summed E-state index contributed by atoms with van der Waals surface area (Å²) in [5.41, 5.74) is 5.17. The van der Waals surface area contributed by atoms with Crippen molar-refractivity contribution in [3.05, 3.63) is 59.7 Å². The standard InChI is InChI=1S/C30H41FO2/c1-2-3-4-7-29-21-33-30(22-32-29)28-18-16-27(17-19-28)26-14-12-25(13-15-26)24-10-8-23(9-11-24)6-5-20-31/h8-15,27-30H,2-7,16-22H2,1H3/t27?,28?,29-,30-/m0/s1. The Balaban J connectivity index is 1.23. The largest absolute Gasteiger partial charge is 0.373 e. The van der Waals surface area contributed by atoms with Crippen LogP contribution in [0.3, 0.4) is 0 Å². The summed E-state index contributed by atoms with van der Waals surface area (Å²) < 4.78 is 24.8. The average Bonchev–Trinajstić information content (AvgIpc) is 2.89. The molecule has 2 aromatic rings. The molecule has 2 aliphatic rings. The van der Waals surface area contributed by atoms with Gasteiger partial charge in [-0.2, -0.15) is 0 Å². The van der Waals surface area contributed by atoms with Crippen LogP contribution in [0.1, 0.15) is 81.8 Å². The Kier molecular flexibility index (Phi) is 9.37. The molecule has 0 radical (unpaired) electrons. The SMILES string of the molecule is CCCCC[C@H]1CO[C@H](C2CCC(c3ccc(-c4ccc(CCCF)cc4)cc3)CC2)CO1. The molecule has 1 aliphatic heterocycles. The van der Waals surface area contributed by atoms with Crippen LogP contribution in [0.25, 0.3) is 11.1 Å². The monoisotopic (exact) mass is 452 g/mol. The molecule has 33 heavy (non-hydrogen) atoms. The van der Waals surface area contributed by atoms with Crippen molar-refractivity contribution < 1.29 is 13.9 Å². The van der Waals surface area contributed by atoms with E-state index in [0.29, 0.717) is 30.5 Å². The Hall–Kier alpha value is -1.71. The fraction of sp³-hybridized carbons (Fsp3) is 0.600. The van der Waals surface area contributed by atoms with Gasteiger partial charge in [-0.3, -0.25) is 4.39 Å². The van der Waals surface area contributed by atoms with Crippen LogP contribution in [0.2, 0.25) is 0 Å². The van der Waals surface area contributed by atoms with Crippen LogP contribution in [0.5, 0.6) is 0 Å². The number of halogens is 1. The number of unbranched alkanes of at least 4 members (excludes halogenated alkanes) is 2. The van der Waals surface area contributed by atoms with Gasteiger partial charge in [0.2, 0.25) is 0 Å². The molecule has 2 atom stereocenters. The predicted molar refractivity (Wildman–Crippen MR) is 134 cm³/mol. The van der Waals surface area contributed by atoms with Gasteiger partial charge in [0.05, 0.1) is 32.1 Å². The van der Waals surface area contributed by atoms with Gasteiger partial charge in [-0.25, -0.2) is 0 Å². The van der Waals surface area contributed by atoms with Crippen LogP contribution in [0.4, 0.5) is 4.39 Å². The maximum Gasteiger partial charge on any atom is 0.0897 e. The second-order valence-corrected chi connectivity index (χ2v) is 10.0. The van der Waals surface area contributed by atoms with E-state index in [1.54, 1.807) is 0 Å². The van der Waals surface area contributed by atoms with E-state index < -0.39 is 0 Å². The maximum absolute atomic E-state index is 12.4. The van der Waals surface area contributed by atoms with E-state index >= 15 is 0 Å². The second-order valence-electron chi connectivity index (χ2n) is 10.0. The summed E-state index contributed by atoms with van der Waals surface area (Å²) in [5, 5.41) is 0. The molecule has 0 spiro atoms. The third-order valence-corrected chi connectivity index (χ3v) is 7.69. The molecule has 1 saturated heterocycles. The molecule has 1 aliphatic carbocycles. The van der Waals surface area contributed by atoms with Gasteiger partial charge in [-0.05, 0) is 79.0 Å². The Morgan fingerprint density at radius 2 is 1.48 bits per heavy atom. The highest BCUT2D eigenvalue weighted by molar-refractivity contribution is 5.64. The fourth-order valence-corrected chi connectivity index (χ4v) is 5.53. The van der Waals surface area contributed by atoms with Crippen molar-refractivity contribution in [3.8, 4) is 11.1 Å². The summed E-state index contributed by atoms with van der Waals surface area (Å²) in [6, 6.07) is 17.7. The van der Waals surface area contributed by atoms with Crippen molar-refractivity contribution in [2.45, 2.75) is 89.3 Å². The molecule has 0 bridgehead atoms. The Morgan fingerprint density at radius 1 is 0.788 bits per heavy atom. The van der Waals surface area contributed by atoms with Gasteiger partial charge < -0.3 is 9.47 Å². The highest BCUT2D eigenvalue weighted by atomic mass is 19.1. The molecule has 2 nitrogen and oxygen atoms in total. The first-order valence-electron chi connectivity index (χ1n) is 13.2. The van der Waals surface area contributed by atoms with Gasteiger partial charge >= 0.3 is 0 Å². The lowest BCUT2D eigenvalue weighted by molar-refractivity contribution is -0.156. The summed E-state index contributed by atoms with van der Waals surface area (Å²) >= 11 is 0. The quantitative estimate of drug-likeness (QED) is 0.341. The minimum atomic E-state index is -0.244. The van der Waals surface area contributed by atoms with Gasteiger partial charge in [0.15, 0.2) is 0 Å². The molecular weight excluding hydrogens is 411 g/mol. The second kappa shape index (κ2) is 12.7. The number of ether oxygens (including phenoxy) is 2. The minimum Gasteiger partial charge on any atom is -0.373 e. The molecule has 0 unspecified atom stereocenters. The van der Waals surface area contributed by atoms with Crippen LogP contribution in [-0.4, -0.2) is 32.1 Å². The number of alkyl halides is 1. The molecule has 2 fully saturated rings. The van der Waals surface area contributed by atoms with Crippen molar-refractivity contribution in [1.82, 2.24) is 0 Å². The lowest BCUT2D eigenvalue weighted by atomic mass is 9.76. The molecule has 2 aromatic carbocycles. The Labute approximate surface area is 199 Å². The zero-order valence-electron chi connectivity index (χ0n) is 20.3. The van der Waals surface area contributed by atoms with Gasteiger partial charge in [-0.1, -0.05) is 74.7 Å². The van der Waals surface area contributed by atoms with E-state index in [2.05, 4.69) is 55.5 Å². The van der Waals surface area contributed by atoms with E-state index in [0.717, 1.165) is 26.1 Å². The van der Waals surface area contributed by atoms with Gasteiger partial charge in [-0.15, -0.1) is 0 Å². The van der Waals surface area contributed by atoms with Crippen molar-refractivity contribution in [1.29, 1.82) is 0 Å². The normalized spacial score (nSPS) is 25.8. The first-order valence-corrected chi connectivity index (χ1v) is 13.2. The van der Waals surface area contributed by atoms with E-state index in [4.69, 9.17) is 9.47 Å². The first-order chi connectivity index (χ1) is 16.3. The zero-order chi connectivity index (χ0) is 22.9. The van der Waals surface area contributed by atoms with Crippen molar-refractivity contribution in [2.24, 2.45) is 5.92 Å². The fourth-order valence-electron chi connectivity index (χ4n) is 5.53. The minimum absolute atomic E-state index is 0.244. The van der Waals surface area contributed by atoms with Gasteiger partial charge in [0.25, 0.3) is 0 Å². The van der Waals surface area contributed by atoms with Gasteiger partial charge in [0, 0.05) is 0 Å². The van der Waals surface area contributed by atoms with Crippen LogP contribution >= 0.6 is 0 Å². The molecule has 0 aromatic heterocycles. The summed E-state index contributed by atoms with van der Waals surface area (Å²) in [4.78, 5) is 0. The highest BCUT2D eigenvalue weighted by Gasteiger charge is 2.32. The summed E-state index contributed by atoms with van der Waals surface area (Å²) in [5.74, 6) is 1.30. The molecule has 0 N–H and O–H groups in total. The summed E-state index contributed by atoms with van der Waals surface area (Å²) in [6.45, 7) is 3.57. The van der Waals surface area contributed by atoms with Crippen LogP contribution in [0.15, 0.2) is 48.5 Å². The number of hydrogen-bond donors (Lipinski definition) is 0. The van der Waals surface area contributed by atoms with E-state index in [9.17, 15) is 4.39 Å². The lowest BCUT2D eigenvalue weighted by Gasteiger charge is -2.38. The Bertz CT molecular complexity index is 800. The van der Waals surface area contributed by atoms with Crippen molar-refractivity contribution >= 4 is 0 Å². The van der Waals surface area contributed by atoms with Crippen LogP contribution in [-0.2, 0) is 15.9 Å². The van der Waals surface area contributed by atoms with E-state index in [1.165, 1.54) is 67.2 Å². The molecule has 3 heteroatoms.